The fourth-order valence-electron chi connectivity index (χ4n) is 3.51. The molecule has 0 atom stereocenters. The second kappa shape index (κ2) is 12.7. The Morgan fingerprint density at radius 3 is 2.69 bits per heavy atom. The first-order valence-electron chi connectivity index (χ1n) is 9.95. The highest BCUT2D eigenvalue weighted by Crippen LogP contribution is 2.21. The summed E-state index contributed by atoms with van der Waals surface area (Å²) in [5, 5.41) is 11.0. The van der Waals surface area contributed by atoms with Crippen molar-refractivity contribution in [2.45, 2.75) is 32.7 Å². The summed E-state index contributed by atoms with van der Waals surface area (Å²) in [6.07, 6.45) is 3.32. The van der Waals surface area contributed by atoms with E-state index in [9.17, 15) is 0 Å². The zero-order chi connectivity index (χ0) is 19.8. The zero-order valence-electron chi connectivity index (χ0n) is 17.2. The lowest BCUT2D eigenvalue weighted by molar-refractivity contribution is 0.178. The Balaban J connectivity index is 0.00000300. The Morgan fingerprint density at radius 1 is 1.28 bits per heavy atom. The molecule has 2 N–H and O–H groups in total. The lowest BCUT2D eigenvalue weighted by Gasteiger charge is -2.32. The number of nitrogens with one attached hydrogen (secondary N) is 2. The summed E-state index contributed by atoms with van der Waals surface area (Å²) in [6, 6.07) is 8.15. The van der Waals surface area contributed by atoms with Crippen molar-refractivity contribution in [2.75, 3.05) is 33.2 Å². The predicted octanol–water partition coefficient (Wildman–Crippen LogP) is 4.34. The first kappa shape index (κ1) is 24.4. The number of aromatic nitrogens is 1. The van der Waals surface area contributed by atoms with Crippen LogP contribution < -0.4 is 10.6 Å². The van der Waals surface area contributed by atoms with Crippen molar-refractivity contribution in [1.29, 1.82) is 0 Å². The number of nitrogens with zero attached hydrogens (tertiary/aromatic N) is 3. The number of hydrogen-bond acceptors (Lipinski definition) is 4. The highest BCUT2D eigenvalue weighted by atomic mass is 127. The third-order valence-electron chi connectivity index (χ3n) is 5.18. The van der Waals surface area contributed by atoms with Crippen molar-refractivity contribution in [3.05, 3.63) is 50.9 Å². The average molecular weight is 548 g/mol. The Labute approximate surface area is 200 Å². The van der Waals surface area contributed by atoms with Crippen LogP contribution in [0, 0.1) is 12.8 Å². The van der Waals surface area contributed by atoms with E-state index in [1.807, 2.05) is 26.1 Å². The van der Waals surface area contributed by atoms with Crippen LogP contribution in [0.25, 0.3) is 0 Å². The molecule has 1 aliphatic heterocycles. The van der Waals surface area contributed by atoms with Gasteiger partial charge in [-0.3, -0.25) is 9.89 Å². The third kappa shape index (κ3) is 8.03. The fraction of sp³-hybridized carbons (Fsp3) is 0.524. The van der Waals surface area contributed by atoms with Gasteiger partial charge in [-0.15, -0.1) is 35.3 Å². The minimum atomic E-state index is 0. The summed E-state index contributed by atoms with van der Waals surface area (Å²) in [6.45, 7) is 7.04. The maximum Gasteiger partial charge on any atom is 0.190 e. The minimum Gasteiger partial charge on any atom is -0.356 e. The molecular formula is C21H31ClIN5S. The molecule has 8 heteroatoms. The molecule has 0 spiro atoms. The Morgan fingerprint density at radius 2 is 2.03 bits per heavy atom. The van der Waals surface area contributed by atoms with Crippen LogP contribution in [-0.2, 0) is 13.0 Å². The first-order chi connectivity index (χ1) is 13.6. The Kier molecular flexibility index (Phi) is 10.7. The summed E-state index contributed by atoms with van der Waals surface area (Å²) < 4.78 is 0. The van der Waals surface area contributed by atoms with Crippen LogP contribution in [0.3, 0.4) is 0 Å². The highest BCUT2D eigenvalue weighted by Gasteiger charge is 2.20. The van der Waals surface area contributed by atoms with Crippen molar-refractivity contribution >= 4 is 52.9 Å². The van der Waals surface area contributed by atoms with Gasteiger partial charge < -0.3 is 10.6 Å². The largest absolute Gasteiger partial charge is 0.356 e. The molecule has 2 heterocycles. The van der Waals surface area contributed by atoms with E-state index in [0.29, 0.717) is 5.92 Å². The SMILES string of the molecule is CN=C(NCCc1csc(C)n1)NCC1CCN(Cc2ccccc2Cl)CC1.I. The molecule has 1 saturated heterocycles. The van der Waals surface area contributed by atoms with Gasteiger partial charge in [0, 0.05) is 43.5 Å². The number of halogens is 2. The second-order valence-corrected chi connectivity index (χ2v) is 8.77. The van der Waals surface area contributed by atoms with Crippen LogP contribution >= 0.6 is 46.9 Å². The number of hydrogen-bond donors (Lipinski definition) is 2. The predicted molar refractivity (Wildman–Crippen MR) is 135 cm³/mol. The molecule has 160 valence electrons. The smallest absolute Gasteiger partial charge is 0.190 e. The molecule has 0 amide bonds. The van der Waals surface area contributed by atoms with Gasteiger partial charge in [0.15, 0.2) is 5.96 Å². The van der Waals surface area contributed by atoms with Gasteiger partial charge in [-0.05, 0) is 50.4 Å². The van der Waals surface area contributed by atoms with Gasteiger partial charge in [-0.1, -0.05) is 29.8 Å². The fourth-order valence-corrected chi connectivity index (χ4v) is 4.35. The van der Waals surface area contributed by atoms with Gasteiger partial charge in [-0.25, -0.2) is 4.98 Å². The number of piperidine rings is 1. The first-order valence-corrected chi connectivity index (χ1v) is 11.2. The summed E-state index contributed by atoms with van der Waals surface area (Å²) in [4.78, 5) is 11.3. The summed E-state index contributed by atoms with van der Waals surface area (Å²) in [5.41, 5.74) is 2.37. The second-order valence-electron chi connectivity index (χ2n) is 7.30. The standard InChI is InChI=1S/C21H30ClN5S.HI/c1-16-26-19(15-28-16)7-10-24-21(23-2)25-13-17-8-11-27(12-9-17)14-18-5-3-4-6-20(18)22;/h3-6,15,17H,7-14H2,1-2H3,(H2,23,24,25);1H. The average Bonchev–Trinajstić information content (AvgIpc) is 3.12. The molecule has 0 saturated carbocycles. The number of thiazole rings is 1. The zero-order valence-corrected chi connectivity index (χ0v) is 21.1. The van der Waals surface area contributed by atoms with Crippen molar-refractivity contribution < 1.29 is 0 Å². The molecule has 0 aliphatic carbocycles. The lowest BCUT2D eigenvalue weighted by Crippen LogP contribution is -2.43. The van der Waals surface area contributed by atoms with E-state index >= 15 is 0 Å². The number of guanidine groups is 1. The maximum atomic E-state index is 6.29. The molecule has 29 heavy (non-hydrogen) atoms. The quantitative estimate of drug-likeness (QED) is 0.308. The van der Waals surface area contributed by atoms with Crippen LogP contribution in [-0.4, -0.2) is 49.1 Å². The molecule has 5 nitrogen and oxygen atoms in total. The molecule has 0 bridgehead atoms. The molecule has 0 unspecified atom stereocenters. The van der Waals surface area contributed by atoms with Crippen molar-refractivity contribution in [2.24, 2.45) is 10.9 Å². The van der Waals surface area contributed by atoms with Crippen LogP contribution in [0.2, 0.25) is 5.02 Å². The van der Waals surface area contributed by atoms with E-state index in [0.717, 1.165) is 60.8 Å². The third-order valence-corrected chi connectivity index (χ3v) is 6.37. The van der Waals surface area contributed by atoms with Gasteiger partial charge >= 0.3 is 0 Å². The van der Waals surface area contributed by atoms with Crippen LogP contribution in [0.4, 0.5) is 0 Å². The molecule has 2 aromatic rings. The molecule has 1 aliphatic rings. The molecular weight excluding hydrogens is 517 g/mol. The topological polar surface area (TPSA) is 52.6 Å². The number of aryl methyl sites for hydroxylation is 1. The van der Waals surface area contributed by atoms with Gasteiger partial charge in [0.25, 0.3) is 0 Å². The van der Waals surface area contributed by atoms with E-state index in [-0.39, 0.29) is 24.0 Å². The Hall–Kier alpha value is -0.900. The number of rotatable bonds is 7. The van der Waals surface area contributed by atoms with Crippen molar-refractivity contribution in [3.8, 4) is 0 Å². The van der Waals surface area contributed by atoms with E-state index in [1.54, 1.807) is 11.3 Å². The Bertz CT molecular complexity index is 774. The summed E-state index contributed by atoms with van der Waals surface area (Å²) >= 11 is 8.00. The number of benzene rings is 1. The number of aliphatic imine (C=N–C) groups is 1. The van der Waals surface area contributed by atoms with Crippen molar-refractivity contribution in [1.82, 2.24) is 20.5 Å². The number of likely N-dealkylation sites (tertiary alicyclic amines) is 1. The van der Waals surface area contributed by atoms with Gasteiger partial charge in [0.2, 0.25) is 0 Å². The summed E-state index contributed by atoms with van der Waals surface area (Å²) in [5.74, 6) is 1.56. The van der Waals surface area contributed by atoms with E-state index < -0.39 is 0 Å². The summed E-state index contributed by atoms with van der Waals surface area (Å²) in [7, 11) is 1.83. The molecule has 3 rings (SSSR count). The van der Waals surface area contributed by atoms with E-state index in [1.165, 1.54) is 18.4 Å². The van der Waals surface area contributed by atoms with E-state index in [2.05, 4.69) is 43.0 Å². The normalized spacial score (nSPS) is 15.8. The van der Waals surface area contributed by atoms with Crippen molar-refractivity contribution in [3.63, 3.8) is 0 Å². The lowest BCUT2D eigenvalue weighted by atomic mass is 9.96. The minimum absolute atomic E-state index is 0. The van der Waals surface area contributed by atoms with Crippen LogP contribution in [0.1, 0.15) is 29.1 Å². The molecule has 1 fully saturated rings. The van der Waals surface area contributed by atoms with Crippen LogP contribution in [0.5, 0.6) is 0 Å². The molecule has 0 radical (unpaired) electrons. The van der Waals surface area contributed by atoms with E-state index in [4.69, 9.17) is 11.6 Å². The highest BCUT2D eigenvalue weighted by molar-refractivity contribution is 14.0. The van der Waals surface area contributed by atoms with Gasteiger partial charge in [0.1, 0.15) is 0 Å². The maximum absolute atomic E-state index is 6.29. The monoisotopic (exact) mass is 547 g/mol. The molecule has 1 aromatic carbocycles. The van der Waals surface area contributed by atoms with Gasteiger partial charge in [0.05, 0.1) is 10.7 Å². The molecule has 1 aromatic heterocycles. The van der Waals surface area contributed by atoms with Crippen LogP contribution in [0.15, 0.2) is 34.6 Å². The van der Waals surface area contributed by atoms with Gasteiger partial charge in [-0.2, -0.15) is 0 Å².